The number of rotatable bonds is 10. The highest BCUT2D eigenvalue weighted by Gasteiger charge is 2.09. The molecule has 0 heterocycles. The second kappa shape index (κ2) is 11.7. The fraction of sp³-hybridized carbons (Fsp3) is 0.214. The van der Waals surface area contributed by atoms with E-state index in [0.717, 1.165) is 33.8 Å². The molecule has 0 radical (unpaired) electrons. The maximum atomic E-state index is 5.65. The van der Waals surface area contributed by atoms with E-state index >= 15 is 0 Å². The van der Waals surface area contributed by atoms with Gasteiger partial charge in [-0.15, -0.1) is 0 Å². The lowest BCUT2D eigenvalue weighted by molar-refractivity contribution is 0.355. The molecule has 0 fully saturated rings. The third-order valence-corrected chi connectivity index (χ3v) is 5.31. The minimum absolute atomic E-state index is 0.671. The summed E-state index contributed by atoms with van der Waals surface area (Å²) in [5.74, 6) is 4.16. The number of hydrogen-bond donors (Lipinski definition) is 0. The quantitative estimate of drug-likeness (QED) is 0.341. The first kappa shape index (κ1) is 24.6. The molecule has 0 unspecified atom stereocenters. The molecule has 0 saturated carbocycles. The van der Waals surface area contributed by atoms with Gasteiger partial charge in [0.15, 0.2) is 23.0 Å². The van der Waals surface area contributed by atoms with Crippen molar-refractivity contribution < 1.29 is 28.4 Å². The van der Waals surface area contributed by atoms with Crippen LogP contribution in [0.1, 0.15) is 22.3 Å². The van der Waals surface area contributed by atoms with E-state index in [4.69, 9.17) is 28.4 Å². The van der Waals surface area contributed by atoms with Gasteiger partial charge in [0.05, 0.1) is 42.7 Å². The molecule has 0 saturated heterocycles. The molecule has 0 spiro atoms. The Morgan fingerprint density at radius 1 is 0.382 bits per heavy atom. The Hall–Kier alpha value is -4.06. The third kappa shape index (κ3) is 5.64. The first-order valence-electron chi connectivity index (χ1n) is 10.6. The Bertz CT molecular complexity index is 1090. The normalized spacial score (nSPS) is 11.0. The molecule has 178 valence electrons. The number of ether oxygens (including phenoxy) is 6. The van der Waals surface area contributed by atoms with Crippen LogP contribution in [-0.4, -0.2) is 42.7 Å². The van der Waals surface area contributed by atoms with Crippen molar-refractivity contribution in [3.05, 3.63) is 70.8 Å². The van der Waals surface area contributed by atoms with Crippen LogP contribution in [0.5, 0.6) is 34.5 Å². The van der Waals surface area contributed by atoms with E-state index in [1.165, 1.54) is 0 Å². The molecule has 34 heavy (non-hydrogen) atoms. The van der Waals surface area contributed by atoms with Gasteiger partial charge in [0.2, 0.25) is 0 Å². The molecular weight excluding hydrogens is 432 g/mol. The predicted molar refractivity (Wildman–Crippen MR) is 136 cm³/mol. The zero-order valence-electron chi connectivity index (χ0n) is 20.4. The van der Waals surface area contributed by atoms with Crippen molar-refractivity contribution in [3.63, 3.8) is 0 Å². The molecule has 6 nitrogen and oxygen atoms in total. The van der Waals surface area contributed by atoms with Crippen molar-refractivity contribution in [2.75, 3.05) is 42.7 Å². The average molecular weight is 463 g/mol. The van der Waals surface area contributed by atoms with Crippen LogP contribution in [0, 0.1) is 0 Å². The van der Waals surface area contributed by atoms with Crippen molar-refractivity contribution in [2.24, 2.45) is 0 Å². The summed E-state index contributed by atoms with van der Waals surface area (Å²) in [5.41, 5.74) is 3.71. The van der Waals surface area contributed by atoms with Gasteiger partial charge in [-0.2, -0.15) is 0 Å². The Kier molecular flexibility index (Phi) is 8.46. The van der Waals surface area contributed by atoms with Crippen LogP contribution in [0.25, 0.3) is 24.3 Å². The topological polar surface area (TPSA) is 55.4 Å². The fourth-order valence-corrected chi connectivity index (χ4v) is 3.49. The zero-order chi connectivity index (χ0) is 24.5. The van der Waals surface area contributed by atoms with E-state index in [0.29, 0.717) is 23.0 Å². The molecule has 0 aromatic heterocycles. The molecule has 0 amide bonds. The SMILES string of the molecule is COc1cc(/C=C/c2ccc(OC)c(OC)c2)c(OC)cc1/C=C/c1ccc(OC)c(OC)c1. The second-order valence-corrected chi connectivity index (χ2v) is 7.23. The van der Waals surface area contributed by atoms with Gasteiger partial charge in [-0.1, -0.05) is 36.4 Å². The third-order valence-electron chi connectivity index (χ3n) is 5.31. The van der Waals surface area contributed by atoms with Crippen LogP contribution in [-0.2, 0) is 0 Å². The van der Waals surface area contributed by atoms with Crippen LogP contribution >= 0.6 is 0 Å². The van der Waals surface area contributed by atoms with Crippen molar-refractivity contribution >= 4 is 24.3 Å². The molecule has 0 aliphatic rings. The molecule has 0 atom stereocenters. The highest BCUT2D eigenvalue weighted by molar-refractivity contribution is 5.79. The van der Waals surface area contributed by atoms with E-state index < -0.39 is 0 Å². The van der Waals surface area contributed by atoms with Gasteiger partial charge in [-0.25, -0.2) is 0 Å². The van der Waals surface area contributed by atoms with Gasteiger partial charge in [-0.05, 0) is 47.5 Å². The Labute approximate surface area is 200 Å². The molecule has 3 rings (SSSR count). The highest BCUT2D eigenvalue weighted by Crippen LogP contribution is 2.34. The van der Waals surface area contributed by atoms with E-state index in [9.17, 15) is 0 Å². The summed E-state index contributed by atoms with van der Waals surface area (Å²) >= 11 is 0. The molecule has 6 heteroatoms. The van der Waals surface area contributed by atoms with E-state index in [-0.39, 0.29) is 0 Å². The largest absolute Gasteiger partial charge is 0.496 e. The average Bonchev–Trinajstić information content (AvgIpc) is 2.89. The molecular formula is C28H30O6. The molecule has 3 aromatic carbocycles. The van der Waals surface area contributed by atoms with E-state index in [1.54, 1.807) is 42.7 Å². The van der Waals surface area contributed by atoms with Crippen LogP contribution in [0.2, 0.25) is 0 Å². The smallest absolute Gasteiger partial charge is 0.161 e. The van der Waals surface area contributed by atoms with Gasteiger partial charge in [0, 0.05) is 11.1 Å². The summed E-state index contributed by atoms with van der Waals surface area (Å²) in [6, 6.07) is 15.4. The summed E-state index contributed by atoms with van der Waals surface area (Å²) in [7, 11) is 9.77. The maximum Gasteiger partial charge on any atom is 0.161 e. The molecule has 0 N–H and O–H groups in total. The summed E-state index contributed by atoms with van der Waals surface area (Å²) < 4.78 is 32.7. The summed E-state index contributed by atoms with van der Waals surface area (Å²) in [4.78, 5) is 0. The minimum atomic E-state index is 0.671. The second-order valence-electron chi connectivity index (χ2n) is 7.23. The van der Waals surface area contributed by atoms with Crippen molar-refractivity contribution in [3.8, 4) is 34.5 Å². The lowest BCUT2D eigenvalue weighted by Gasteiger charge is -2.12. The zero-order valence-corrected chi connectivity index (χ0v) is 20.4. The van der Waals surface area contributed by atoms with Crippen LogP contribution in [0.4, 0.5) is 0 Å². The van der Waals surface area contributed by atoms with Crippen molar-refractivity contribution in [2.45, 2.75) is 0 Å². The Balaban J connectivity index is 1.91. The highest BCUT2D eigenvalue weighted by atomic mass is 16.5. The van der Waals surface area contributed by atoms with Crippen LogP contribution < -0.4 is 28.4 Å². The lowest BCUT2D eigenvalue weighted by atomic mass is 10.0. The van der Waals surface area contributed by atoms with Gasteiger partial charge in [-0.3, -0.25) is 0 Å². The van der Waals surface area contributed by atoms with E-state index in [1.807, 2.05) is 72.8 Å². The Morgan fingerprint density at radius 3 is 1.06 bits per heavy atom. The number of benzene rings is 3. The van der Waals surface area contributed by atoms with Crippen molar-refractivity contribution in [1.29, 1.82) is 0 Å². The number of methoxy groups -OCH3 is 6. The first-order valence-corrected chi connectivity index (χ1v) is 10.6. The van der Waals surface area contributed by atoms with E-state index in [2.05, 4.69) is 0 Å². The monoisotopic (exact) mass is 462 g/mol. The standard InChI is InChI=1S/C28H30O6/c1-29-23-13-9-19(15-27(23)33-5)7-11-21-17-26(32-4)22(18-25(21)31-3)12-8-20-10-14-24(30-2)28(16-20)34-6/h7-18H,1-6H3/b11-7+,12-8+. The van der Waals surface area contributed by atoms with Gasteiger partial charge in [0.25, 0.3) is 0 Å². The summed E-state index contributed by atoms with van der Waals surface area (Å²) in [5, 5.41) is 0. The summed E-state index contributed by atoms with van der Waals surface area (Å²) in [6.07, 6.45) is 7.92. The lowest BCUT2D eigenvalue weighted by Crippen LogP contribution is -1.93. The molecule has 0 bridgehead atoms. The maximum absolute atomic E-state index is 5.65. The first-order chi connectivity index (χ1) is 16.6. The van der Waals surface area contributed by atoms with Crippen LogP contribution in [0.15, 0.2) is 48.5 Å². The molecule has 3 aromatic rings. The molecule has 0 aliphatic heterocycles. The predicted octanol–water partition coefficient (Wildman–Crippen LogP) is 6.08. The van der Waals surface area contributed by atoms with Crippen molar-refractivity contribution in [1.82, 2.24) is 0 Å². The fourth-order valence-electron chi connectivity index (χ4n) is 3.49. The minimum Gasteiger partial charge on any atom is -0.496 e. The summed E-state index contributed by atoms with van der Waals surface area (Å²) in [6.45, 7) is 0. The number of hydrogen-bond acceptors (Lipinski definition) is 6. The van der Waals surface area contributed by atoms with Gasteiger partial charge < -0.3 is 28.4 Å². The van der Waals surface area contributed by atoms with Gasteiger partial charge in [0.1, 0.15) is 11.5 Å². The van der Waals surface area contributed by atoms with Gasteiger partial charge >= 0.3 is 0 Å². The molecule has 0 aliphatic carbocycles. The Morgan fingerprint density at radius 2 is 0.735 bits per heavy atom. The van der Waals surface area contributed by atoms with Crippen LogP contribution in [0.3, 0.4) is 0 Å².